The number of hydrogen-bond acceptors (Lipinski definition) is 4. The van der Waals surface area contributed by atoms with Gasteiger partial charge in [0.05, 0.1) is 0 Å². The third-order valence-electron chi connectivity index (χ3n) is 10.7. The van der Waals surface area contributed by atoms with Crippen LogP contribution in [0.1, 0.15) is 63.8 Å². The van der Waals surface area contributed by atoms with Gasteiger partial charge in [0.1, 0.15) is 23.0 Å². The fourth-order valence-corrected chi connectivity index (χ4v) is 7.23. The maximum Gasteiger partial charge on any atom is 0.260 e. The number of benzene rings is 5. The quantitative estimate of drug-likeness (QED) is 0.131. The predicted molar refractivity (Wildman–Crippen MR) is 227 cm³/mol. The van der Waals surface area contributed by atoms with Crippen molar-refractivity contribution in [2.75, 3.05) is 0 Å². The molecule has 287 valence electrons. The molecule has 0 unspecified atom stereocenters. The number of rotatable bonds is 3. The molecular weight excluding hydrogens is 883 g/mol. The first kappa shape index (κ1) is 39.9. The van der Waals surface area contributed by atoms with Gasteiger partial charge in [0.15, 0.2) is 0 Å². The molecule has 1 radical (unpaired) electrons. The fourth-order valence-electron chi connectivity index (χ4n) is 7.23. The molecule has 4 heterocycles. The number of hydrogen-bond donors (Lipinski definition) is 0. The summed E-state index contributed by atoms with van der Waals surface area (Å²) in [6.45, 7) is 17.6. The first-order valence-electron chi connectivity index (χ1n) is 19.1. The molecule has 7 aromatic rings. The molecule has 0 fully saturated rings. The summed E-state index contributed by atoms with van der Waals surface area (Å²) in [5.41, 5.74) is 14.1. The van der Waals surface area contributed by atoms with E-state index in [-0.39, 0.29) is 43.5 Å². The largest absolute Gasteiger partial charge is 0.458 e. The Hall–Kier alpha value is -5.36. The summed E-state index contributed by atoms with van der Waals surface area (Å²) >= 11 is 0. The molecule has 2 aliphatic heterocycles. The monoisotopic (exact) mass is 927 g/mol. The summed E-state index contributed by atoms with van der Waals surface area (Å²) in [6, 6.07) is 42.5. The van der Waals surface area contributed by atoms with Gasteiger partial charge in [-0.25, -0.2) is 0 Å². The van der Waals surface area contributed by atoms with Crippen LogP contribution in [0.5, 0.6) is 23.0 Å². The second-order valence-corrected chi connectivity index (χ2v) is 16.8. The van der Waals surface area contributed by atoms with Crippen LogP contribution in [0, 0.1) is 31.8 Å². The van der Waals surface area contributed by atoms with Crippen LogP contribution in [0.25, 0.3) is 33.6 Å². The molecule has 5 aromatic carbocycles. The summed E-state index contributed by atoms with van der Waals surface area (Å²) in [6.07, 6.45) is 3.63. The number of nitrogens with zero attached hydrogens (tertiary/aromatic N) is 2. The maximum absolute atomic E-state index is 12.7. The number of ether oxygens (including phenoxy) is 2. The SMILES string of the molecule is CC(C)(C)c1ccc2c(c1)B1c3cc(C(C)(C)C)ccc3Oc3cc(-c4c[c-]c(-c5ccccn5)cc4)cc(c31)O2.Cc1cnc(-c2[c-]cc(F)cc2)cc1C.[Ir]. The average molecular weight is 927 g/mol. The third kappa shape index (κ3) is 8.10. The topological polar surface area (TPSA) is 44.2 Å². The Morgan fingerprint density at radius 1 is 0.579 bits per heavy atom. The van der Waals surface area contributed by atoms with E-state index < -0.39 is 0 Å². The molecule has 0 atom stereocenters. The first-order valence-corrected chi connectivity index (χ1v) is 19.1. The molecular formula is C50H44BFIrN2O2-2. The van der Waals surface area contributed by atoms with Gasteiger partial charge in [-0.2, -0.15) is 0 Å². The third-order valence-corrected chi connectivity index (χ3v) is 10.7. The van der Waals surface area contributed by atoms with E-state index in [0.29, 0.717) is 0 Å². The Morgan fingerprint density at radius 3 is 1.68 bits per heavy atom. The van der Waals surface area contributed by atoms with E-state index in [1.807, 2.05) is 50.4 Å². The average Bonchev–Trinajstić information content (AvgIpc) is 3.18. The van der Waals surface area contributed by atoms with Gasteiger partial charge in [-0.3, -0.25) is 4.39 Å². The summed E-state index contributed by atoms with van der Waals surface area (Å²) in [7, 11) is 0. The first-order chi connectivity index (χ1) is 26.7. The number of aromatic nitrogens is 2. The van der Waals surface area contributed by atoms with Gasteiger partial charge in [-0.05, 0) is 94.0 Å². The van der Waals surface area contributed by atoms with Crippen LogP contribution in [0.3, 0.4) is 0 Å². The Kier molecular flexibility index (Phi) is 10.9. The standard InChI is InChI=1S/C37H33BNO2.C13H11FN.Ir/c1-36(2,3)26-14-16-31-28(21-26)38-29-22-27(37(4,5)6)15-17-32(29)41-34-20-25(19-33(40-31)35(34)38)23-10-12-24(13-11-23)30-9-7-8-18-39-30;1-9-7-13(15-8-10(9)2)11-3-5-12(14)6-4-11;/h7-12,14-22H,1-6H3;3,5-8H,1-2H3;/q2*-1;. The molecule has 2 aromatic heterocycles. The van der Waals surface area contributed by atoms with Crippen molar-refractivity contribution < 1.29 is 34.0 Å². The molecule has 0 amide bonds. The van der Waals surface area contributed by atoms with Crippen LogP contribution in [0.4, 0.5) is 4.39 Å². The molecule has 0 N–H and O–H groups in total. The Balaban J connectivity index is 0.000000261. The molecule has 7 heteroatoms. The van der Waals surface area contributed by atoms with Crippen molar-refractivity contribution >= 4 is 23.1 Å². The smallest absolute Gasteiger partial charge is 0.260 e. The molecule has 0 bridgehead atoms. The maximum atomic E-state index is 12.7. The second-order valence-electron chi connectivity index (χ2n) is 16.8. The van der Waals surface area contributed by atoms with Crippen molar-refractivity contribution in [3.8, 4) is 56.6 Å². The predicted octanol–water partition coefficient (Wildman–Crippen LogP) is 10.8. The van der Waals surface area contributed by atoms with Gasteiger partial charge in [0, 0.05) is 43.8 Å². The number of fused-ring (bicyclic) bond motifs is 4. The van der Waals surface area contributed by atoms with E-state index in [4.69, 9.17) is 9.47 Å². The normalized spacial score (nSPS) is 12.4. The summed E-state index contributed by atoms with van der Waals surface area (Å²) in [5, 5.41) is 0. The van der Waals surface area contributed by atoms with Crippen LogP contribution in [0.2, 0.25) is 0 Å². The summed E-state index contributed by atoms with van der Waals surface area (Å²) in [4.78, 5) is 8.75. The second kappa shape index (κ2) is 15.5. The van der Waals surface area contributed by atoms with Gasteiger partial charge in [-0.1, -0.05) is 101 Å². The van der Waals surface area contributed by atoms with Crippen LogP contribution in [-0.2, 0) is 30.9 Å². The number of aryl methyl sites for hydroxylation is 2. The van der Waals surface area contributed by atoms with Gasteiger partial charge < -0.3 is 19.4 Å². The minimum absolute atomic E-state index is 0. The molecule has 2 aliphatic rings. The van der Waals surface area contributed by atoms with E-state index >= 15 is 0 Å². The van der Waals surface area contributed by atoms with Crippen LogP contribution in [0.15, 0.2) is 122 Å². The van der Waals surface area contributed by atoms with E-state index in [9.17, 15) is 4.39 Å². The molecule has 57 heavy (non-hydrogen) atoms. The minimum atomic E-state index is -0.275. The Morgan fingerprint density at radius 2 is 1.18 bits per heavy atom. The number of pyridine rings is 2. The summed E-state index contributed by atoms with van der Waals surface area (Å²) in [5.74, 6) is 3.23. The molecule has 9 rings (SSSR count). The van der Waals surface area contributed by atoms with Crippen molar-refractivity contribution in [1.82, 2.24) is 9.97 Å². The van der Waals surface area contributed by atoms with Crippen LogP contribution in [-0.4, -0.2) is 16.7 Å². The van der Waals surface area contributed by atoms with Gasteiger partial charge in [-0.15, -0.1) is 59.7 Å². The fraction of sp³-hybridized carbons (Fsp3) is 0.200. The van der Waals surface area contributed by atoms with E-state index in [1.165, 1.54) is 39.7 Å². The van der Waals surface area contributed by atoms with Crippen molar-refractivity contribution in [3.05, 3.63) is 162 Å². The van der Waals surface area contributed by atoms with Gasteiger partial charge in [0.2, 0.25) is 0 Å². The van der Waals surface area contributed by atoms with Crippen molar-refractivity contribution in [1.29, 1.82) is 0 Å². The van der Waals surface area contributed by atoms with E-state index in [2.05, 4.69) is 124 Å². The van der Waals surface area contributed by atoms with Crippen LogP contribution < -0.4 is 25.9 Å². The molecule has 0 saturated carbocycles. The summed E-state index contributed by atoms with van der Waals surface area (Å²) < 4.78 is 26.0. The Labute approximate surface area is 350 Å². The zero-order valence-corrected chi connectivity index (χ0v) is 35.9. The van der Waals surface area contributed by atoms with E-state index in [1.54, 1.807) is 12.3 Å². The van der Waals surface area contributed by atoms with Gasteiger partial charge >= 0.3 is 0 Å². The molecule has 0 spiro atoms. The molecule has 4 nitrogen and oxygen atoms in total. The van der Waals surface area contributed by atoms with Crippen LogP contribution >= 0.6 is 0 Å². The molecule has 0 aliphatic carbocycles. The zero-order valence-electron chi connectivity index (χ0n) is 33.5. The van der Waals surface area contributed by atoms with Crippen molar-refractivity contribution in [2.45, 2.75) is 66.2 Å². The number of halogens is 1. The van der Waals surface area contributed by atoms with E-state index in [0.717, 1.165) is 67.7 Å². The van der Waals surface area contributed by atoms with Gasteiger partial charge in [0.25, 0.3) is 6.71 Å². The molecule has 0 saturated heterocycles. The minimum Gasteiger partial charge on any atom is -0.458 e. The van der Waals surface area contributed by atoms with Crippen molar-refractivity contribution in [3.63, 3.8) is 0 Å². The zero-order chi connectivity index (χ0) is 39.4. The van der Waals surface area contributed by atoms with Crippen molar-refractivity contribution in [2.24, 2.45) is 0 Å². The Bertz CT molecular complexity index is 2490.